The Morgan fingerprint density at radius 1 is 1.17 bits per heavy atom. The summed E-state index contributed by atoms with van der Waals surface area (Å²) in [5.41, 5.74) is 1.18. The van der Waals surface area contributed by atoms with Crippen LogP contribution in [-0.2, 0) is 10.0 Å². The number of likely N-dealkylation sites (tertiary alicyclic amines) is 1. The van der Waals surface area contributed by atoms with E-state index in [1.54, 1.807) is 37.1 Å². The molecular weight excluding hydrogens is 408 g/mol. The second-order valence-corrected chi connectivity index (χ2v) is 9.51. The van der Waals surface area contributed by atoms with Crippen LogP contribution in [0.15, 0.2) is 52.3 Å². The number of methoxy groups -OCH3 is 1. The summed E-state index contributed by atoms with van der Waals surface area (Å²) in [6, 6.07) is 11.5. The maximum atomic E-state index is 13.0. The Morgan fingerprint density at radius 2 is 1.86 bits per heavy atom. The van der Waals surface area contributed by atoms with Crippen molar-refractivity contribution >= 4 is 27.7 Å². The van der Waals surface area contributed by atoms with Gasteiger partial charge < -0.3 is 9.64 Å². The second kappa shape index (κ2) is 9.19. The molecule has 1 atom stereocenters. The third-order valence-electron chi connectivity index (χ3n) is 5.04. The highest BCUT2D eigenvalue weighted by molar-refractivity contribution is 7.98. The molecule has 3 rings (SSSR count). The Hall–Kier alpha value is -2.03. The van der Waals surface area contributed by atoms with E-state index in [4.69, 9.17) is 4.74 Å². The topological polar surface area (TPSA) is 75.7 Å². The summed E-state index contributed by atoms with van der Waals surface area (Å²) in [7, 11) is -2.27. The van der Waals surface area contributed by atoms with Crippen LogP contribution < -0.4 is 9.46 Å². The van der Waals surface area contributed by atoms with E-state index in [0.29, 0.717) is 24.4 Å². The van der Waals surface area contributed by atoms with Crippen molar-refractivity contribution in [3.63, 3.8) is 0 Å². The Kier molecular flexibility index (Phi) is 6.87. The molecule has 1 amide bonds. The maximum Gasteiger partial charge on any atom is 0.255 e. The molecule has 0 aliphatic carbocycles. The first-order valence-corrected chi connectivity index (χ1v) is 12.2. The number of rotatable bonds is 7. The number of para-hydroxylation sites is 1. The largest absolute Gasteiger partial charge is 0.496 e. The fraction of sp³-hybridized carbons (Fsp3) is 0.381. The van der Waals surface area contributed by atoms with Gasteiger partial charge in [-0.05, 0) is 50.3 Å². The molecule has 1 fully saturated rings. The molecular formula is C21H26N2O4S2. The first-order chi connectivity index (χ1) is 13.9. The fourth-order valence-corrected chi connectivity index (χ4v) is 5.32. The third-order valence-corrected chi connectivity index (χ3v) is 7.38. The van der Waals surface area contributed by atoms with Gasteiger partial charge in [0.15, 0.2) is 0 Å². The monoisotopic (exact) mass is 434 g/mol. The first-order valence-electron chi connectivity index (χ1n) is 9.50. The Labute approximate surface area is 176 Å². The number of carbonyl (C=O) groups excluding carboxylic acids is 1. The lowest BCUT2D eigenvalue weighted by atomic mass is 10.1. The average Bonchev–Trinajstić information content (AvgIpc) is 3.27. The number of carbonyl (C=O) groups is 1. The molecule has 1 saturated heterocycles. The molecule has 0 bridgehead atoms. The molecule has 1 aliphatic heterocycles. The van der Waals surface area contributed by atoms with Gasteiger partial charge >= 0.3 is 0 Å². The van der Waals surface area contributed by atoms with E-state index in [1.807, 2.05) is 24.5 Å². The number of benzene rings is 2. The Morgan fingerprint density at radius 3 is 2.52 bits per heavy atom. The van der Waals surface area contributed by atoms with E-state index < -0.39 is 16.1 Å². The van der Waals surface area contributed by atoms with Gasteiger partial charge in [-0.2, -0.15) is 0 Å². The quantitative estimate of drug-likeness (QED) is 0.673. The summed E-state index contributed by atoms with van der Waals surface area (Å²) >= 11 is 1.44. The standard InChI is InChI=1S/C21H26N2O4S2/c1-15(17-8-4-5-9-19(17)27-2)22-29(25,26)16-10-11-20(28-3)18(14-16)21(24)23-12-6-7-13-23/h4-5,8-11,14-15,22H,6-7,12-13H2,1-3H3. The fourth-order valence-electron chi connectivity index (χ4n) is 3.50. The van der Waals surface area contributed by atoms with Gasteiger partial charge in [0.05, 0.1) is 17.6 Å². The lowest BCUT2D eigenvalue weighted by molar-refractivity contribution is 0.0789. The molecule has 2 aromatic carbocycles. The number of ether oxygens (including phenoxy) is 1. The highest BCUT2D eigenvalue weighted by atomic mass is 32.2. The van der Waals surface area contributed by atoms with E-state index >= 15 is 0 Å². The van der Waals surface area contributed by atoms with Crippen LogP contribution in [0.4, 0.5) is 0 Å². The van der Waals surface area contributed by atoms with Crippen LogP contribution in [-0.4, -0.2) is 45.7 Å². The minimum Gasteiger partial charge on any atom is -0.496 e. The molecule has 156 valence electrons. The summed E-state index contributed by atoms with van der Waals surface area (Å²) in [6.07, 6.45) is 3.85. The van der Waals surface area contributed by atoms with Crippen molar-refractivity contribution in [1.29, 1.82) is 0 Å². The number of hydrogen-bond acceptors (Lipinski definition) is 5. The van der Waals surface area contributed by atoms with Crippen LogP contribution in [0.25, 0.3) is 0 Å². The molecule has 2 aromatic rings. The van der Waals surface area contributed by atoms with Crippen LogP contribution in [0.3, 0.4) is 0 Å². The van der Waals surface area contributed by atoms with Crippen molar-refractivity contribution in [1.82, 2.24) is 9.62 Å². The van der Waals surface area contributed by atoms with Gasteiger partial charge in [0.25, 0.3) is 5.91 Å². The van der Waals surface area contributed by atoms with Crippen LogP contribution in [0.5, 0.6) is 5.75 Å². The molecule has 1 unspecified atom stereocenters. The minimum absolute atomic E-state index is 0.0830. The van der Waals surface area contributed by atoms with Crippen LogP contribution in [0, 0.1) is 0 Å². The molecule has 8 heteroatoms. The lowest BCUT2D eigenvalue weighted by Gasteiger charge is -2.19. The summed E-state index contributed by atoms with van der Waals surface area (Å²) in [5.74, 6) is 0.506. The van der Waals surface area contributed by atoms with Crippen molar-refractivity contribution in [3.05, 3.63) is 53.6 Å². The van der Waals surface area contributed by atoms with Gasteiger partial charge in [0, 0.05) is 29.6 Å². The molecule has 1 aliphatic rings. The van der Waals surface area contributed by atoms with Crippen LogP contribution in [0.2, 0.25) is 0 Å². The van der Waals surface area contributed by atoms with Gasteiger partial charge in [0.1, 0.15) is 5.75 Å². The van der Waals surface area contributed by atoms with Gasteiger partial charge in [-0.3, -0.25) is 4.79 Å². The predicted molar refractivity (Wildman–Crippen MR) is 115 cm³/mol. The van der Waals surface area contributed by atoms with E-state index in [-0.39, 0.29) is 10.8 Å². The summed E-state index contributed by atoms with van der Waals surface area (Å²) in [6.45, 7) is 3.20. The molecule has 1 N–H and O–H groups in total. The van der Waals surface area contributed by atoms with E-state index in [1.165, 1.54) is 17.8 Å². The summed E-state index contributed by atoms with van der Waals surface area (Å²) in [5, 5.41) is 0. The average molecular weight is 435 g/mol. The van der Waals surface area contributed by atoms with Crippen molar-refractivity contribution in [2.24, 2.45) is 0 Å². The van der Waals surface area contributed by atoms with Gasteiger partial charge in [-0.15, -0.1) is 11.8 Å². The smallest absolute Gasteiger partial charge is 0.255 e. The predicted octanol–water partition coefficient (Wildman–Crippen LogP) is 3.69. The number of sulfonamides is 1. The summed E-state index contributed by atoms with van der Waals surface area (Å²) < 4.78 is 34.1. The zero-order valence-corrected chi connectivity index (χ0v) is 18.5. The second-order valence-electron chi connectivity index (χ2n) is 6.95. The zero-order chi connectivity index (χ0) is 21.0. The number of thioether (sulfide) groups is 1. The highest BCUT2D eigenvalue weighted by Gasteiger charge is 2.26. The third kappa shape index (κ3) is 4.76. The maximum absolute atomic E-state index is 13.0. The van der Waals surface area contributed by atoms with E-state index in [2.05, 4.69) is 4.72 Å². The molecule has 0 spiro atoms. The minimum atomic E-state index is -3.82. The number of nitrogens with zero attached hydrogens (tertiary/aromatic N) is 1. The Bertz CT molecular complexity index is 986. The van der Waals surface area contributed by atoms with Crippen molar-refractivity contribution in [3.8, 4) is 5.75 Å². The van der Waals surface area contributed by atoms with Crippen LogP contribution in [0.1, 0.15) is 41.7 Å². The number of nitrogens with one attached hydrogen (secondary N) is 1. The normalized spacial score (nSPS) is 15.3. The zero-order valence-electron chi connectivity index (χ0n) is 16.8. The lowest BCUT2D eigenvalue weighted by Crippen LogP contribution is -2.29. The summed E-state index contributed by atoms with van der Waals surface area (Å²) in [4.78, 5) is 15.6. The first kappa shape index (κ1) is 21.7. The van der Waals surface area contributed by atoms with Gasteiger partial charge in [-0.25, -0.2) is 13.1 Å². The van der Waals surface area contributed by atoms with Gasteiger partial charge in [0.2, 0.25) is 10.0 Å². The SMILES string of the molecule is COc1ccccc1C(C)NS(=O)(=O)c1ccc(SC)c(C(=O)N2CCCC2)c1. The van der Waals surface area contributed by atoms with Crippen molar-refractivity contribution in [2.45, 2.75) is 35.6 Å². The molecule has 6 nitrogen and oxygen atoms in total. The number of hydrogen-bond donors (Lipinski definition) is 1. The van der Waals surface area contributed by atoms with Gasteiger partial charge in [-0.1, -0.05) is 18.2 Å². The molecule has 0 aromatic heterocycles. The van der Waals surface area contributed by atoms with Crippen LogP contribution >= 0.6 is 11.8 Å². The molecule has 0 saturated carbocycles. The molecule has 1 heterocycles. The Balaban J connectivity index is 1.90. The number of amides is 1. The molecule has 29 heavy (non-hydrogen) atoms. The van der Waals surface area contributed by atoms with E-state index in [9.17, 15) is 13.2 Å². The van der Waals surface area contributed by atoms with Crippen molar-refractivity contribution in [2.75, 3.05) is 26.5 Å². The molecule has 0 radical (unpaired) electrons. The van der Waals surface area contributed by atoms with Crippen molar-refractivity contribution < 1.29 is 17.9 Å². The van der Waals surface area contributed by atoms with E-state index in [0.717, 1.165) is 23.3 Å². The highest BCUT2D eigenvalue weighted by Crippen LogP contribution is 2.29.